The average Bonchev–Trinajstić information content (AvgIpc) is 3.26. The quantitative estimate of drug-likeness (QED) is 0.373. The fourth-order valence-electron chi connectivity index (χ4n) is 3.49. The van der Waals surface area contributed by atoms with Crippen molar-refractivity contribution < 1.29 is 9.53 Å². The smallest absolute Gasteiger partial charge is 0.191 e. The Kier molecular flexibility index (Phi) is 5.15. The predicted molar refractivity (Wildman–Crippen MR) is 116 cm³/mol. The number of ether oxygens (including phenoxy) is 1. The van der Waals surface area contributed by atoms with E-state index in [2.05, 4.69) is 15.2 Å². The zero-order valence-electron chi connectivity index (χ0n) is 16.8. The van der Waals surface area contributed by atoms with Crippen LogP contribution in [0.25, 0.3) is 22.3 Å². The molecule has 0 aliphatic rings. The number of fused-ring (bicyclic) bond motifs is 1. The van der Waals surface area contributed by atoms with Crippen LogP contribution in [0, 0.1) is 6.92 Å². The maximum atomic E-state index is 13.2. The van der Waals surface area contributed by atoms with Crippen LogP contribution >= 0.6 is 11.8 Å². The zero-order valence-corrected chi connectivity index (χ0v) is 17.6. The third-order valence-electron chi connectivity index (χ3n) is 4.97. The minimum absolute atomic E-state index is 0.0757. The lowest BCUT2D eigenvalue weighted by Gasteiger charge is -2.11. The maximum Gasteiger partial charge on any atom is 0.191 e. The molecule has 1 unspecified atom stereocenters. The number of hydrogen-bond acceptors (Lipinski definition) is 5. The number of carbonyl (C=O) groups is 1. The molecule has 0 aliphatic carbocycles. The topological polar surface area (TPSA) is 72.8 Å². The number of aromatic amines is 1. The third kappa shape index (κ3) is 3.42. The second-order valence-electron chi connectivity index (χ2n) is 6.86. The minimum Gasteiger partial charge on any atom is -0.496 e. The number of hydrogen-bond donors (Lipinski definition) is 1. The molecule has 148 valence electrons. The number of nitrogens with zero attached hydrogens (tertiary/aromatic N) is 3. The van der Waals surface area contributed by atoms with Crippen LogP contribution in [0.1, 0.15) is 23.0 Å². The molecule has 4 aromatic rings. The van der Waals surface area contributed by atoms with Crippen LogP contribution < -0.4 is 4.74 Å². The lowest BCUT2D eigenvalue weighted by Crippen LogP contribution is -2.15. The Morgan fingerprint density at radius 3 is 2.66 bits per heavy atom. The molecular weight excluding hydrogens is 384 g/mol. The second kappa shape index (κ2) is 7.75. The van der Waals surface area contributed by atoms with Gasteiger partial charge in [0.05, 0.1) is 17.9 Å². The monoisotopic (exact) mass is 406 g/mol. The summed E-state index contributed by atoms with van der Waals surface area (Å²) in [5.41, 5.74) is 3.47. The van der Waals surface area contributed by atoms with Gasteiger partial charge in [-0.05, 0) is 32.0 Å². The number of Topliss-reactive ketones (excluding diaryl/α,β-unsaturated/α-hetero) is 1. The molecule has 0 aliphatic heterocycles. The molecule has 2 aromatic carbocycles. The lowest BCUT2D eigenvalue weighted by atomic mass is 10.1. The van der Waals surface area contributed by atoms with Gasteiger partial charge in [0.1, 0.15) is 5.75 Å². The summed E-state index contributed by atoms with van der Waals surface area (Å²) < 4.78 is 7.34. The number of H-pyrrole nitrogens is 1. The number of benzene rings is 2. The first-order chi connectivity index (χ1) is 14.0. The maximum absolute atomic E-state index is 13.2. The summed E-state index contributed by atoms with van der Waals surface area (Å²) in [5, 5.41) is 9.98. The van der Waals surface area contributed by atoms with Gasteiger partial charge in [-0.3, -0.25) is 4.79 Å². The SMILES string of the molecule is COc1ccccc1-c1nnc(SC(C)C(=O)c2c(C)[nH]c3ccccc23)n1C. The van der Waals surface area contributed by atoms with Gasteiger partial charge in [-0.2, -0.15) is 0 Å². The fraction of sp³-hybridized carbons (Fsp3) is 0.227. The number of aryl methyl sites for hydroxylation is 1. The largest absolute Gasteiger partial charge is 0.496 e. The Bertz CT molecular complexity index is 1190. The molecule has 0 amide bonds. The van der Waals surface area contributed by atoms with Gasteiger partial charge in [-0.25, -0.2) is 0 Å². The molecule has 0 saturated heterocycles. The van der Waals surface area contributed by atoms with E-state index in [4.69, 9.17) is 4.74 Å². The standard InChI is InChI=1S/C22H22N4O2S/c1-13-19(15-9-5-7-11-17(15)23-13)20(27)14(2)29-22-25-24-21(26(22)3)16-10-6-8-12-18(16)28-4/h5-12,14,23H,1-4H3. The first-order valence-corrected chi connectivity index (χ1v) is 10.2. The van der Waals surface area contributed by atoms with Crippen molar-refractivity contribution in [2.24, 2.45) is 7.05 Å². The number of carbonyl (C=O) groups excluding carboxylic acids is 1. The number of rotatable bonds is 6. The van der Waals surface area contributed by atoms with Crippen molar-refractivity contribution in [3.8, 4) is 17.1 Å². The van der Waals surface area contributed by atoms with Gasteiger partial charge in [0.2, 0.25) is 0 Å². The van der Waals surface area contributed by atoms with E-state index < -0.39 is 0 Å². The Labute approximate surface area is 173 Å². The molecule has 29 heavy (non-hydrogen) atoms. The number of nitrogens with one attached hydrogen (secondary N) is 1. The van der Waals surface area contributed by atoms with Gasteiger partial charge >= 0.3 is 0 Å². The Morgan fingerprint density at radius 1 is 1.14 bits per heavy atom. The van der Waals surface area contributed by atoms with Crippen molar-refractivity contribution >= 4 is 28.4 Å². The molecule has 7 heteroatoms. The molecule has 0 fully saturated rings. The third-order valence-corrected chi connectivity index (χ3v) is 6.11. The second-order valence-corrected chi connectivity index (χ2v) is 8.17. The van der Waals surface area contributed by atoms with Crippen LogP contribution in [0.15, 0.2) is 53.7 Å². The summed E-state index contributed by atoms with van der Waals surface area (Å²) in [5.74, 6) is 1.51. The summed E-state index contributed by atoms with van der Waals surface area (Å²) >= 11 is 1.41. The van der Waals surface area contributed by atoms with Crippen molar-refractivity contribution in [2.45, 2.75) is 24.3 Å². The van der Waals surface area contributed by atoms with Gasteiger partial charge < -0.3 is 14.3 Å². The van der Waals surface area contributed by atoms with Crippen LogP contribution in [0.5, 0.6) is 5.75 Å². The van der Waals surface area contributed by atoms with E-state index in [-0.39, 0.29) is 11.0 Å². The van der Waals surface area contributed by atoms with E-state index in [1.54, 1.807) is 7.11 Å². The molecule has 0 saturated carbocycles. The number of aromatic nitrogens is 4. The van der Waals surface area contributed by atoms with Crippen molar-refractivity contribution in [3.05, 3.63) is 59.8 Å². The number of methoxy groups -OCH3 is 1. The minimum atomic E-state index is -0.304. The van der Waals surface area contributed by atoms with Crippen LogP contribution in [0.3, 0.4) is 0 Å². The first-order valence-electron chi connectivity index (χ1n) is 9.32. The summed E-state index contributed by atoms with van der Waals surface area (Å²) in [4.78, 5) is 16.5. The Hall–Kier alpha value is -3.06. The normalized spacial score (nSPS) is 12.3. The molecule has 0 spiro atoms. The van der Waals surface area contributed by atoms with Crippen molar-refractivity contribution in [3.63, 3.8) is 0 Å². The molecule has 6 nitrogen and oxygen atoms in total. The fourth-order valence-corrected chi connectivity index (χ4v) is 4.36. The van der Waals surface area contributed by atoms with Gasteiger partial charge in [-0.1, -0.05) is 42.1 Å². The van der Waals surface area contributed by atoms with Gasteiger partial charge in [-0.15, -0.1) is 10.2 Å². The first kappa shape index (κ1) is 19.3. The molecule has 2 aromatic heterocycles. The van der Waals surface area contributed by atoms with Crippen LogP contribution in [0.4, 0.5) is 0 Å². The highest BCUT2D eigenvalue weighted by Crippen LogP contribution is 2.33. The predicted octanol–water partition coefficient (Wildman–Crippen LogP) is 4.64. The number of ketones is 1. The summed E-state index contributed by atoms with van der Waals surface area (Å²) in [6.07, 6.45) is 0. The van der Waals surface area contributed by atoms with Gasteiger partial charge in [0.25, 0.3) is 0 Å². The number of thioether (sulfide) groups is 1. The van der Waals surface area contributed by atoms with E-state index >= 15 is 0 Å². The van der Waals surface area contributed by atoms with Crippen LogP contribution in [-0.2, 0) is 7.05 Å². The van der Waals surface area contributed by atoms with E-state index in [0.29, 0.717) is 11.0 Å². The van der Waals surface area contributed by atoms with E-state index in [1.165, 1.54) is 11.8 Å². The van der Waals surface area contributed by atoms with Crippen LogP contribution in [-0.4, -0.2) is 37.9 Å². The van der Waals surface area contributed by atoms with E-state index in [1.807, 2.05) is 74.0 Å². The van der Waals surface area contributed by atoms with Crippen molar-refractivity contribution in [2.75, 3.05) is 7.11 Å². The molecule has 4 rings (SSSR count). The van der Waals surface area contributed by atoms with Crippen molar-refractivity contribution in [1.82, 2.24) is 19.7 Å². The highest BCUT2D eigenvalue weighted by Gasteiger charge is 2.25. The Morgan fingerprint density at radius 2 is 1.86 bits per heavy atom. The summed E-state index contributed by atoms with van der Waals surface area (Å²) in [7, 11) is 3.54. The van der Waals surface area contributed by atoms with Gasteiger partial charge in [0, 0.05) is 29.2 Å². The van der Waals surface area contributed by atoms with Crippen LogP contribution in [0.2, 0.25) is 0 Å². The average molecular weight is 407 g/mol. The molecule has 0 radical (unpaired) electrons. The van der Waals surface area contributed by atoms with E-state index in [9.17, 15) is 4.79 Å². The summed E-state index contributed by atoms with van der Waals surface area (Å²) in [6, 6.07) is 15.6. The highest BCUT2D eigenvalue weighted by atomic mass is 32.2. The molecular formula is C22H22N4O2S. The molecule has 2 heterocycles. The van der Waals surface area contributed by atoms with Crippen molar-refractivity contribution in [1.29, 1.82) is 0 Å². The van der Waals surface area contributed by atoms with Gasteiger partial charge in [0.15, 0.2) is 16.8 Å². The summed E-state index contributed by atoms with van der Waals surface area (Å²) in [6.45, 7) is 3.85. The lowest BCUT2D eigenvalue weighted by molar-refractivity contribution is 0.0995. The molecule has 1 atom stereocenters. The van der Waals surface area contributed by atoms with E-state index in [0.717, 1.165) is 33.5 Å². The highest BCUT2D eigenvalue weighted by molar-refractivity contribution is 8.00. The molecule has 1 N–H and O–H groups in total. The molecule has 0 bridgehead atoms. The number of para-hydroxylation sites is 2. The zero-order chi connectivity index (χ0) is 20.5. The Balaban J connectivity index is 1.62.